The molecule has 2 aromatic carbocycles. The summed E-state index contributed by atoms with van der Waals surface area (Å²) in [6.07, 6.45) is 3.22. The number of hydrogen-bond donors (Lipinski definition) is 1. The first-order valence-corrected chi connectivity index (χ1v) is 10.4. The topological polar surface area (TPSA) is 98.0 Å². The Balaban J connectivity index is 1.60. The van der Waals surface area contributed by atoms with Crippen molar-refractivity contribution in [2.45, 2.75) is 26.3 Å². The minimum Gasteiger partial charge on any atom is -0.478 e. The van der Waals surface area contributed by atoms with E-state index in [0.29, 0.717) is 24.1 Å². The van der Waals surface area contributed by atoms with Crippen molar-refractivity contribution in [2.24, 2.45) is 0 Å². The van der Waals surface area contributed by atoms with E-state index in [0.717, 1.165) is 23.5 Å². The zero-order valence-corrected chi connectivity index (χ0v) is 17.6. The van der Waals surface area contributed by atoms with Crippen molar-refractivity contribution in [3.8, 4) is 11.1 Å². The van der Waals surface area contributed by atoms with Crippen LogP contribution >= 0.6 is 0 Å². The van der Waals surface area contributed by atoms with Gasteiger partial charge in [-0.2, -0.15) is 0 Å². The maximum atomic E-state index is 12.8. The van der Waals surface area contributed by atoms with Crippen molar-refractivity contribution in [1.29, 1.82) is 0 Å². The molecule has 0 amide bonds. The van der Waals surface area contributed by atoms with Crippen LogP contribution < -0.4 is 0 Å². The van der Waals surface area contributed by atoms with E-state index in [9.17, 15) is 14.7 Å². The van der Waals surface area contributed by atoms with E-state index in [2.05, 4.69) is 15.1 Å². The summed E-state index contributed by atoms with van der Waals surface area (Å²) < 4.78 is 1.72. The molecule has 0 aliphatic heterocycles. The Morgan fingerprint density at radius 2 is 1.72 bits per heavy atom. The third-order valence-electron chi connectivity index (χ3n) is 5.07. The molecular weight excluding hydrogens is 404 g/mol. The normalized spacial score (nSPS) is 10.8. The van der Waals surface area contributed by atoms with Gasteiger partial charge in [0.15, 0.2) is 0 Å². The molecule has 1 N–H and O–H groups in total. The Morgan fingerprint density at radius 3 is 2.41 bits per heavy atom. The van der Waals surface area contributed by atoms with Gasteiger partial charge in [-0.15, -0.1) is 5.10 Å². The molecule has 0 saturated carbocycles. The average molecular weight is 426 g/mol. The number of carboxylic acid groups (broad SMARTS) is 1. The predicted molar refractivity (Wildman–Crippen MR) is 120 cm³/mol. The Bertz CT molecular complexity index is 1250. The fourth-order valence-electron chi connectivity index (χ4n) is 3.48. The van der Waals surface area contributed by atoms with Gasteiger partial charge in [-0.05, 0) is 24.1 Å². The number of pyridine rings is 1. The molecule has 0 unspecified atom stereocenters. The Hall–Kier alpha value is -4.13. The van der Waals surface area contributed by atoms with Crippen molar-refractivity contribution >= 4 is 11.8 Å². The molecule has 0 radical (unpaired) electrons. The summed E-state index contributed by atoms with van der Waals surface area (Å²) in [4.78, 5) is 33.2. The lowest BCUT2D eigenvalue weighted by molar-refractivity contribution is 0.0697. The molecule has 0 aliphatic carbocycles. The fraction of sp³-hybridized carbons (Fsp3) is 0.160. The zero-order valence-electron chi connectivity index (χ0n) is 17.6. The summed E-state index contributed by atoms with van der Waals surface area (Å²) in [6, 6.07) is 19.5. The van der Waals surface area contributed by atoms with E-state index in [-0.39, 0.29) is 17.2 Å². The van der Waals surface area contributed by atoms with Crippen LogP contribution in [0.3, 0.4) is 0 Å². The van der Waals surface area contributed by atoms with Gasteiger partial charge in [-0.25, -0.2) is 14.5 Å². The number of ketones is 1. The number of nitrogens with zero attached hydrogens (tertiary/aromatic N) is 4. The lowest BCUT2D eigenvalue weighted by Gasteiger charge is -2.08. The van der Waals surface area contributed by atoms with Crippen molar-refractivity contribution in [3.05, 3.63) is 101 Å². The number of rotatable bonds is 8. The highest BCUT2D eigenvalue weighted by atomic mass is 16.4. The molecule has 0 saturated heterocycles. The van der Waals surface area contributed by atoms with Gasteiger partial charge in [0.2, 0.25) is 11.6 Å². The monoisotopic (exact) mass is 426 g/mol. The van der Waals surface area contributed by atoms with Crippen LogP contribution in [0.15, 0.2) is 72.9 Å². The van der Waals surface area contributed by atoms with Crippen LogP contribution in [-0.4, -0.2) is 36.6 Å². The molecule has 32 heavy (non-hydrogen) atoms. The summed E-state index contributed by atoms with van der Waals surface area (Å²) in [5.41, 5.74) is 2.85. The molecule has 2 aromatic heterocycles. The van der Waals surface area contributed by atoms with Gasteiger partial charge >= 0.3 is 5.97 Å². The summed E-state index contributed by atoms with van der Waals surface area (Å²) >= 11 is 0. The van der Waals surface area contributed by atoms with Gasteiger partial charge in [0.1, 0.15) is 5.82 Å². The molecule has 160 valence electrons. The van der Waals surface area contributed by atoms with Crippen LogP contribution in [0.2, 0.25) is 0 Å². The minimum absolute atomic E-state index is 0.173. The highest BCUT2D eigenvalue weighted by Gasteiger charge is 2.18. The van der Waals surface area contributed by atoms with Gasteiger partial charge in [0.25, 0.3) is 0 Å². The molecule has 0 atom stereocenters. The standard InChI is InChI=1S/C25H22N4O3/c1-2-8-22-27-24(23(30)17-9-4-3-5-10-17)28-29(22)16-19-14-13-18(15-26-19)20-11-6-7-12-21(20)25(31)32/h3-7,9-15H,2,8,16H2,1H3,(H,31,32). The van der Waals surface area contributed by atoms with E-state index in [4.69, 9.17) is 0 Å². The van der Waals surface area contributed by atoms with Crippen LogP contribution in [-0.2, 0) is 13.0 Å². The van der Waals surface area contributed by atoms with Crippen LogP contribution in [0.5, 0.6) is 0 Å². The molecule has 0 aliphatic rings. The second kappa shape index (κ2) is 9.34. The number of benzene rings is 2. The van der Waals surface area contributed by atoms with Crippen molar-refractivity contribution < 1.29 is 14.7 Å². The molecular formula is C25H22N4O3. The summed E-state index contributed by atoms with van der Waals surface area (Å²) in [5, 5.41) is 13.9. The lowest BCUT2D eigenvalue weighted by Crippen LogP contribution is -2.09. The van der Waals surface area contributed by atoms with Crippen LogP contribution in [0.25, 0.3) is 11.1 Å². The lowest BCUT2D eigenvalue weighted by atomic mass is 10.0. The number of hydrogen-bond acceptors (Lipinski definition) is 5. The van der Waals surface area contributed by atoms with Crippen molar-refractivity contribution in [3.63, 3.8) is 0 Å². The molecule has 4 aromatic rings. The van der Waals surface area contributed by atoms with Gasteiger partial charge in [0, 0.05) is 23.7 Å². The molecule has 2 heterocycles. The van der Waals surface area contributed by atoms with E-state index < -0.39 is 5.97 Å². The average Bonchev–Trinajstić information content (AvgIpc) is 3.22. The summed E-state index contributed by atoms with van der Waals surface area (Å²) in [5.74, 6) is -0.289. The Morgan fingerprint density at radius 1 is 0.969 bits per heavy atom. The third-order valence-corrected chi connectivity index (χ3v) is 5.07. The number of carboxylic acids is 1. The quantitative estimate of drug-likeness (QED) is 0.423. The highest BCUT2D eigenvalue weighted by molar-refractivity contribution is 6.06. The van der Waals surface area contributed by atoms with Crippen molar-refractivity contribution in [1.82, 2.24) is 19.7 Å². The summed E-state index contributed by atoms with van der Waals surface area (Å²) in [7, 11) is 0. The smallest absolute Gasteiger partial charge is 0.336 e. The molecule has 7 nitrogen and oxygen atoms in total. The predicted octanol–water partition coefficient (Wildman–Crippen LogP) is 4.27. The molecule has 0 bridgehead atoms. The second-order valence-corrected chi connectivity index (χ2v) is 7.34. The number of aromatic carboxylic acids is 1. The fourth-order valence-corrected chi connectivity index (χ4v) is 3.48. The number of aryl methyl sites for hydroxylation is 1. The first-order chi connectivity index (χ1) is 15.6. The number of aromatic nitrogens is 4. The van der Waals surface area contributed by atoms with E-state index >= 15 is 0 Å². The van der Waals surface area contributed by atoms with Crippen LogP contribution in [0.1, 0.15) is 51.4 Å². The zero-order chi connectivity index (χ0) is 22.5. The van der Waals surface area contributed by atoms with Crippen molar-refractivity contribution in [2.75, 3.05) is 0 Å². The molecule has 7 heteroatoms. The summed E-state index contributed by atoms with van der Waals surface area (Å²) in [6.45, 7) is 2.41. The van der Waals surface area contributed by atoms with E-state index in [1.165, 1.54) is 0 Å². The molecule has 4 rings (SSSR count). The van der Waals surface area contributed by atoms with E-state index in [1.807, 2.05) is 37.3 Å². The van der Waals surface area contributed by atoms with Crippen LogP contribution in [0.4, 0.5) is 0 Å². The highest BCUT2D eigenvalue weighted by Crippen LogP contribution is 2.23. The Labute approximate surface area is 185 Å². The molecule has 0 spiro atoms. The first kappa shape index (κ1) is 21.1. The maximum absolute atomic E-state index is 12.8. The van der Waals surface area contributed by atoms with Gasteiger partial charge < -0.3 is 5.11 Å². The van der Waals surface area contributed by atoms with Gasteiger partial charge in [-0.3, -0.25) is 9.78 Å². The first-order valence-electron chi connectivity index (χ1n) is 10.4. The van der Waals surface area contributed by atoms with Crippen LogP contribution in [0, 0.1) is 0 Å². The maximum Gasteiger partial charge on any atom is 0.336 e. The molecule has 0 fully saturated rings. The van der Waals surface area contributed by atoms with Gasteiger partial charge in [0.05, 0.1) is 17.8 Å². The third kappa shape index (κ3) is 4.46. The van der Waals surface area contributed by atoms with Gasteiger partial charge in [-0.1, -0.05) is 61.5 Å². The number of carbonyl (C=O) groups is 2. The SMILES string of the molecule is CCCc1nc(C(=O)c2ccccc2)nn1Cc1ccc(-c2ccccc2C(=O)O)cn1. The Kier molecular flexibility index (Phi) is 6.17. The second-order valence-electron chi connectivity index (χ2n) is 7.34. The number of carbonyl (C=O) groups excluding carboxylic acids is 1. The van der Waals surface area contributed by atoms with E-state index in [1.54, 1.807) is 47.3 Å². The largest absolute Gasteiger partial charge is 0.478 e. The minimum atomic E-state index is -0.980.